The first-order valence-corrected chi connectivity index (χ1v) is 12.2. The Morgan fingerprint density at radius 2 is 1.89 bits per heavy atom. The first-order valence-electron chi connectivity index (χ1n) is 10.8. The van der Waals surface area contributed by atoms with Crippen LogP contribution in [0.25, 0.3) is 0 Å². The molecule has 1 saturated heterocycles. The van der Waals surface area contributed by atoms with Crippen molar-refractivity contribution in [2.75, 3.05) is 58.6 Å². The number of rotatable bonds is 8. The Balaban J connectivity index is 1.69. The summed E-state index contributed by atoms with van der Waals surface area (Å²) in [5.74, 6) is 2.25. The van der Waals surface area contributed by atoms with E-state index in [1.165, 1.54) is 32.7 Å². The van der Waals surface area contributed by atoms with Crippen molar-refractivity contribution in [3.63, 3.8) is 0 Å². The van der Waals surface area contributed by atoms with Gasteiger partial charge in [0, 0.05) is 74.2 Å². The summed E-state index contributed by atoms with van der Waals surface area (Å²) in [6, 6.07) is 0.392. The van der Waals surface area contributed by atoms with Crippen molar-refractivity contribution in [3.8, 4) is 0 Å². The fourth-order valence-corrected chi connectivity index (χ4v) is 5.55. The van der Waals surface area contributed by atoms with E-state index in [0.29, 0.717) is 17.2 Å². The highest BCUT2D eigenvalue weighted by molar-refractivity contribution is 7.85. The van der Waals surface area contributed by atoms with Crippen LogP contribution in [-0.2, 0) is 10.8 Å². The molecular weight excluding hydrogens is 358 g/mol. The van der Waals surface area contributed by atoms with Crippen LogP contribution in [0.2, 0.25) is 0 Å². The molecule has 158 valence electrons. The third-order valence-electron chi connectivity index (χ3n) is 5.95. The van der Waals surface area contributed by atoms with Gasteiger partial charge in [0.05, 0.1) is 0 Å². The van der Waals surface area contributed by atoms with Crippen LogP contribution in [0, 0.1) is 5.92 Å². The van der Waals surface area contributed by atoms with Crippen molar-refractivity contribution >= 4 is 16.8 Å². The lowest BCUT2D eigenvalue weighted by atomic mass is 9.95. The van der Waals surface area contributed by atoms with Gasteiger partial charge in [0.2, 0.25) is 0 Å². The molecule has 0 aromatic heterocycles. The molecule has 1 aliphatic heterocycles. The van der Waals surface area contributed by atoms with Gasteiger partial charge < -0.3 is 20.4 Å². The van der Waals surface area contributed by atoms with Crippen molar-refractivity contribution in [1.29, 1.82) is 0 Å². The standard InChI is InChI=1S/C20H41N5OS/c1-5-24-10-12-25(13-11-24)16-17(3)15-22-20(21-4)23-18-8-7-9-19(14-18)27(26)6-2/h17-19H,5-16H2,1-4H3,(H2,21,22,23). The third-order valence-corrected chi connectivity index (χ3v) is 7.69. The van der Waals surface area contributed by atoms with Gasteiger partial charge >= 0.3 is 0 Å². The molecule has 0 aromatic rings. The number of aliphatic imine (C=N–C) groups is 1. The van der Waals surface area contributed by atoms with Crippen LogP contribution in [0.5, 0.6) is 0 Å². The van der Waals surface area contributed by atoms with E-state index in [1.807, 2.05) is 14.0 Å². The summed E-state index contributed by atoms with van der Waals surface area (Å²) in [5, 5.41) is 7.43. The lowest BCUT2D eigenvalue weighted by Gasteiger charge is -2.35. The summed E-state index contributed by atoms with van der Waals surface area (Å²) in [6.07, 6.45) is 4.41. The monoisotopic (exact) mass is 399 g/mol. The molecule has 0 aromatic carbocycles. The molecule has 6 nitrogen and oxygen atoms in total. The van der Waals surface area contributed by atoms with E-state index in [2.05, 4.69) is 39.3 Å². The second kappa shape index (κ2) is 12.0. The molecule has 2 fully saturated rings. The molecule has 0 bridgehead atoms. The van der Waals surface area contributed by atoms with E-state index < -0.39 is 10.8 Å². The molecule has 2 N–H and O–H groups in total. The minimum atomic E-state index is -0.679. The number of likely N-dealkylation sites (N-methyl/N-ethyl adjacent to an activating group) is 1. The summed E-state index contributed by atoms with van der Waals surface area (Å²) >= 11 is 0. The molecule has 2 aliphatic rings. The topological polar surface area (TPSA) is 60.0 Å². The molecule has 1 aliphatic carbocycles. The lowest BCUT2D eigenvalue weighted by molar-refractivity contribution is 0.124. The van der Waals surface area contributed by atoms with E-state index >= 15 is 0 Å². The van der Waals surface area contributed by atoms with Crippen molar-refractivity contribution in [1.82, 2.24) is 20.4 Å². The minimum absolute atomic E-state index is 0.347. The van der Waals surface area contributed by atoms with Gasteiger partial charge in [0.15, 0.2) is 5.96 Å². The van der Waals surface area contributed by atoms with Crippen LogP contribution in [0.4, 0.5) is 0 Å². The summed E-state index contributed by atoms with van der Waals surface area (Å²) in [4.78, 5) is 9.52. The van der Waals surface area contributed by atoms with Gasteiger partial charge in [-0.1, -0.05) is 27.2 Å². The molecule has 1 saturated carbocycles. The molecule has 1 heterocycles. The third kappa shape index (κ3) is 7.70. The fraction of sp³-hybridized carbons (Fsp3) is 0.950. The molecule has 4 unspecified atom stereocenters. The Labute approximate surface area is 169 Å². The Hall–Kier alpha value is -0.660. The normalized spacial score (nSPS) is 27.9. The van der Waals surface area contributed by atoms with Gasteiger partial charge in [-0.2, -0.15) is 0 Å². The van der Waals surface area contributed by atoms with Gasteiger partial charge in [-0.3, -0.25) is 9.20 Å². The summed E-state index contributed by atoms with van der Waals surface area (Å²) in [5.41, 5.74) is 0. The predicted octanol–water partition coefficient (Wildman–Crippen LogP) is 1.50. The lowest BCUT2D eigenvalue weighted by Crippen LogP contribution is -2.50. The van der Waals surface area contributed by atoms with Crippen LogP contribution in [0.3, 0.4) is 0 Å². The number of nitrogens with one attached hydrogen (secondary N) is 2. The largest absolute Gasteiger partial charge is 0.356 e. The number of hydrogen-bond acceptors (Lipinski definition) is 4. The van der Waals surface area contributed by atoms with E-state index in [-0.39, 0.29) is 0 Å². The SMILES string of the molecule is CCN1CCN(CC(C)CNC(=NC)NC2CCCC(S(=O)CC)C2)CC1. The van der Waals surface area contributed by atoms with Crippen molar-refractivity contribution in [2.45, 2.75) is 57.7 Å². The van der Waals surface area contributed by atoms with E-state index in [9.17, 15) is 4.21 Å². The van der Waals surface area contributed by atoms with E-state index in [4.69, 9.17) is 0 Å². The van der Waals surface area contributed by atoms with Gasteiger partial charge in [0.1, 0.15) is 0 Å². The van der Waals surface area contributed by atoms with Crippen molar-refractivity contribution in [3.05, 3.63) is 0 Å². The van der Waals surface area contributed by atoms with Gasteiger partial charge in [-0.05, 0) is 31.7 Å². The molecule has 7 heteroatoms. The first-order chi connectivity index (χ1) is 13.0. The van der Waals surface area contributed by atoms with E-state index in [1.54, 1.807) is 0 Å². The number of nitrogens with zero attached hydrogens (tertiary/aromatic N) is 3. The van der Waals surface area contributed by atoms with Crippen LogP contribution >= 0.6 is 0 Å². The summed E-state index contributed by atoms with van der Waals surface area (Å²) in [6.45, 7) is 14.6. The van der Waals surface area contributed by atoms with Crippen molar-refractivity contribution < 1.29 is 4.21 Å². The Bertz CT molecular complexity index is 479. The maximum absolute atomic E-state index is 12.1. The van der Waals surface area contributed by atoms with Crippen LogP contribution in [-0.4, -0.2) is 89.9 Å². The van der Waals surface area contributed by atoms with Crippen LogP contribution < -0.4 is 10.6 Å². The average molecular weight is 400 g/mol. The first kappa shape index (κ1) is 22.6. The average Bonchev–Trinajstić information content (AvgIpc) is 2.71. The molecule has 0 amide bonds. The predicted molar refractivity (Wildman–Crippen MR) is 117 cm³/mol. The zero-order valence-electron chi connectivity index (χ0n) is 17.9. The van der Waals surface area contributed by atoms with Crippen molar-refractivity contribution in [2.24, 2.45) is 10.9 Å². The maximum Gasteiger partial charge on any atom is 0.191 e. The fourth-order valence-electron chi connectivity index (χ4n) is 4.20. The van der Waals surface area contributed by atoms with Gasteiger partial charge in [0.25, 0.3) is 0 Å². The van der Waals surface area contributed by atoms with Crippen LogP contribution in [0.15, 0.2) is 4.99 Å². The quantitative estimate of drug-likeness (QED) is 0.479. The summed E-state index contributed by atoms with van der Waals surface area (Å²) < 4.78 is 12.1. The minimum Gasteiger partial charge on any atom is -0.356 e. The molecule has 2 rings (SSSR count). The van der Waals surface area contributed by atoms with E-state index in [0.717, 1.165) is 50.5 Å². The van der Waals surface area contributed by atoms with Gasteiger partial charge in [-0.15, -0.1) is 0 Å². The smallest absolute Gasteiger partial charge is 0.191 e. The second-order valence-electron chi connectivity index (χ2n) is 8.09. The number of hydrogen-bond donors (Lipinski definition) is 2. The summed E-state index contributed by atoms with van der Waals surface area (Å²) in [7, 11) is 1.16. The van der Waals surface area contributed by atoms with Crippen LogP contribution in [0.1, 0.15) is 46.5 Å². The molecule has 0 radical (unpaired) electrons. The Kier molecular flexibility index (Phi) is 10.1. The molecule has 0 spiro atoms. The highest BCUT2D eigenvalue weighted by atomic mass is 32.2. The zero-order chi connectivity index (χ0) is 19.6. The maximum atomic E-state index is 12.1. The molecule has 4 atom stereocenters. The molecular formula is C20H41N5OS. The van der Waals surface area contributed by atoms with Gasteiger partial charge in [-0.25, -0.2) is 0 Å². The number of piperazine rings is 1. The second-order valence-corrected chi connectivity index (χ2v) is 10.1. The Morgan fingerprint density at radius 3 is 2.52 bits per heavy atom. The number of guanidine groups is 1. The highest BCUT2D eigenvalue weighted by Gasteiger charge is 2.26. The molecule has 27 heavy (non-hydrogen) atoms. The zero-order valence-corrected chi connectivity index (χ0v) is 18.7. The Morgan fingerprint density at radius 1 is 1.19 bits per heavy atom. The highest BCUT2D eigenvalue weighted by Crippen LogP contribution is 2.23.